The SMILES string of the molecule is CC(C(C)(C)C)C(C)(C)C.CC(C)(C)C(C)(C)C(C)(C)C.CC(C)(C)C(C)(C)C(C)(C)C.[I][V][I]. The van der Waals surface area contributed by atoms with Gasteiger partial charge in [-0.15, -0.1) is 0 Å². The van der Waals surface area contributed by atoms with E-state index in [0.717, 1.165) is 5.92 Å². The Kier molecular flexibility index (Phi) is 19.1. The molecular formula is C32H70I2V. The average molecular weight is 760 g/mol. The third-order valence-corrected chi connectivity index (χ3v) is 10.1. The van der Waals surface area contributed by atoms with Crippen molar-refractivity contribution in [3.05, 3.63) is 0 Å². The minimum absolute atomic E-state index is 0.375. The van der Waals surface area contributed by atoms with Crippen LogP contribution in [0.3, 0.4) is 0 Å². The molecule has 3 heteroatoms. The molecule has 0 bridgehead atoms. The number of hydrogen-bond acceptors (Lipinski definition) is 0. The van der Waals surface area contributed by atoms with E-state index in [4.69, 9.17) is 0 Å². The Morgan fingerprint density at radius 3 is 0.486 bits per heavy atom. The number of hydrogen-bond donors (Lipinski definition) is 0. The predicted molar refractivity (Wildman–Crippen MR) is 181 cm³/mol. The van der Waals surface area contributed by atoms with Gasteiger partial charge in [-0.3, -0.25) is 0 Å². The first-order chi connectivity index (χ1) is 14.6. The molecule has 0 fully saturated rings. The standard InChI is InChI=1S/2C11H24.C10H22.2HI.V/c2*1-9(2,3)11(7,8)10(4,5)6;1-8(9(2,3)4)10(5,6)7;;;/h2*1-8H3;8H,1-7H3;2*1H;/q;;;;;+2/p-2. The molecule has 0 aliphatic heterocycles. The Morgan fingerprint density at radius 2 is 0.486 bits per heavy atom. The van der Waals surface area contributed by atoms with Crippen LogP contribution in [-0.4, -0.2) is 0 Å². The summed E-state index contributed by atoms with van der Waals surface area (Å²) in [5.74, 6) is 0.764. The Morgan fingerprint density at radius 1 is 0.371 bits per heavy atom. The first kappa shape index (κ1) is 44.1. The summed E-state index contributed by atoms with van der Waals surface area (Å²) < 4.78 is 0. The molecule has 0 unspecified atom stereocenters. The summed E-state index contributed by atoms with van der Waals surface area (Å²) in [6.45, 7) is 53.4. The van der Waals surface area contributed by atoms with Crippen LogP contribution in [0.2, 0.25) is 0 Å². The van der Waals surface area contributed by atoms with E-state index in [1.807, 2.05) is 0 Å². The van der Waals surface area contributed by atoms with Crippen LogP contribution in [0.5, 0.6) is 0 Å². The monoisotopic (exact) mass is 759 g/mol. The van der Waals surface area contributed by atoms with Crippen LogP contribution in [0, 0.1) is 49.2 Å². The Labute approximate surface area is 255 Å². The van der Waals surface area contributed by atoms with Crippen molar-refractivity contribution in [1.29, 1.82) is 0 Å². The maximum absolute atomic E-state index is 2.37. The minimum atomic E-state index is 0.375. The quantitative estimate of drug-likeness (QED) is 0.216. The fraction of sp³-hybridized carbons (Fsp3) is 1.00. The van der Waals surface area contributed by atoms with Crippen molar-refractivity contribution in [2.24, 2.45) is 49.2 Å². The van der Waals surface area contributed by atoms with Crippen molar-refractivity contribution in [2.75, 3.05) is 0 Å². The van der Waals surface area contributed by atoms with Crippen LogP contribution in [0.4, 0.5) is 0 Å². The summed E-state index contributed by atoms with van der Waals surface area (Å²) in [7, 11) is 0.628. The molecule has 0 amide bonds. The van der Waals surface area contributed by atoms with Gasteiger partial charge in [0.2, 0.25) is 0 Å². The van der Waals surface area contributed by atoms with Crippen molar-refractivity contribution in [3.63, 3.8) is 0 Å². The third-order valence-electron chi connectivity index (χ3n) is 10.1. The van der Waals surface area contributed by atoms with E-state index >= 15 is 0 Å². The van der Waals surface area contributed by atoms with Gasteiger partial charge in [0.15, 0.2) is 0 Å². The van der Waals surface area contributed by atoms with Gasteiger partial charge in [0.05, 0.1) is 0 Å². The molecule has 0 radical (unpaired) electrons. The first-order valence-electron chi connectivity index (χ1n) is 13.5. The van der Waals surface area contributed by atoms with Gasteiger partial charge in [-0.2, -0.15) is 0 Å². The van der Waals surface area contributed by atoms with Crippen molar-refractivity contribution >= 4 is 40.0 Å². The summed E-state index contributed by atoms with van der Waals surface area (Å²) in [6.07, 6.45) is 0. The molecule has 0 N–H and O–H groups in total. The molecule has 0 aliphatic carbocycles. The van der Waals surface area contributed by atoms with E-state index < -0.39 is 0 Å². The summed E-state index contributed by atoms with van der Waals surface area (Å²) in [5, 5.41) is 0. The maximum atomic E-state index is 2.37. The summed E-state index contributed by atoms with van der Waals surface area (Å²) in [6, 6.07) is 0. The van der Waals surface area contributed by atoms with Gasteiger partial charge < -0.3 is 0 Å². The van der Waals surface area contributed by atoms with Crippen LogP contribution < -0.4 is 0 Å². The summed E-state index contributed by atoms with van der Waals surface area (Å²) >= 11 is 4.74. The second-order valence-electron chi connectivity index (χ2n) is 17.8. The Balaban J connectivity index is -0.000000195. The molecule has 0 aromatic rings. The zero-order valence-corrected chi connectivity index (χ0v) is 34.5. The number of halogens is 2. The molecule has 0 nitrogen and oxygen atoms in total. The molecule has 0 atom stereocenters. The second kappa shape index (κ2) is 15.2. The van der Waals surface area contributed by atoms with Gasteiger partial charge in [-0.1, -0.05) is 159 Å². The van der Waals surface area contributed by atoms with Gasteiger partial charge in [-0.05, 0) is 49.2 Å². The molecule has 0 heterocycles. The number of rotatable bonds is 0. The Hall–Kier alpha value is 2.04. The fourth-order valence-corrected chi connectivity index (χ4v) is 3.55. The van der Waals surface area contributed by atoms with Crippen LogP contribution in [0.25, 0.3) is 0 Å². The molecule has 0 rings (SSSR count). The molecular weight excluding hydrogens is 689 g/mol. The van der Waals surface area contributed by atoms with Gasteiger partial charge in [-0.25, -0.2) is 0 Å². The van der Waals surface area contributed by atoms with Gasteiger partial charge in [0.25, 0.3) is 0 Å². The van der Waals surface area contributed by atoms with E-state index in [0.29, 0.717) is 52.8 Å². The topological polar surface area (TPSA) is 0 Å². The normalized spacial score (nSPS) is 14.1. The van der Waals surface area contributed by atoms with E-state index in [2.05, 4.69) is 199 Å². The third kappa shape index (κ3) is 16.7. The fourth-order valence-electron chi connectivity index (χ4n) is 3.55. The van der Waals surface area contributed by atoms with Crippen LogP contribution >= 0.6 is 40.0 Å². The van der Waals surface area contributed by atoms with Crippen molar-refractivity contribution in [2.45, 2.75) is 159 Å². The molecule has 0 spiro atoms. The first-order valence-corrected chi connectivity index (χ1v) is 22.5. The predicted octanol–water partition coefficient (Wildman–Crippen LogP) is 13.7. The molecule has 0 aromatic heterocycles. The van der Waals surface area contributed by atoms with Crippen molar-refractivity contribution in [1.82, 2.24) is 0 Å². The van der Waals surface area contributed by atoms with E-state index in [-0.39, 0.29) is 0 Å². The zero-order valence-electron chi connectivity index (χ0n) is 28.8. The van der Waals surface area contributed by atoms with Gasteiger partial charge in [0, 0.05) is 0 Å². The van der Waals surface area contributed by atoms with Crippen LogP contribution in [0.15, 0.2) is 0 Å². The van der Waals surface area contributed by atoms with E-state index in [1.165, 1.54) is 0 Å². The second-order valence-corrected chi connectivity index (χ2v) is 29.6. The van der Waals surface area contributed by atoms with Crippen LogP contribution in [0.1, 0.15) is 159 Å². The summed E-state index contributed by atoms with van der Waals surface area (Å²) in [4.78, 5) is 0. The van der Waals surface area contributed by atoms with Gasteiger partial charge >= 0.3 is 49.4 Å². The summed E-state index contributed by atoms with van der Waals surface area (Å²) in [5.41, 5.74) is 3.16. The molecule has 0 aliphatic rings. The Bertz CT molecular complexity index is 463. The average Bonchev–Trinajstić information content (AvgIpc) is 2.50. The van der Waals surface area contributed by atoms with Crippen molar-refractivity contribution < 1.29 is 9.47 Å². The molecule has 0 saturated heterocycles. The van der Waals surface area contributed by atoms with E-state index in [1.54, 1.807) is 0 Å². The zero-order chi connectivity index (χ0) is 30.3. The van der Waals surface area contributed by atoms with Gasteiger partial charge in [0.1, 0.15) is 0 Å². The molecule has 217 valence electrons. The van der Waals surface area contributed by atoms with Crippen LogP contribution in [-0.2, 0) is 9.47 Å². The molecule has 35 heavy (non-hydrogen) atoms. The molecule has 0 saturated carbocycles. The van der Waals surface area contributed by atoms with E-state index in [9.17, 15) is 0 Å². The molecule has 0 aromatic carbocycles. The van der Waals surface area contributed by atoms with Crippen molar-refractivity contribution in [3.8, 4) is 0 Å².